The van der Waals surface area contributed by atoms with Crippen LogP contribution in [0.2, 0.25) is 0 Å². The maximum absolute atomic E-state index is 12.2. The summed E-state index contributed by atoms with van der Waals surface area (Å²) in [6, 6.07) is 20.6. The lowest BCUT2D eigenvalue weighted by molar-refractivity contribution is 0.144. The third-order valence-electron chi connectivity index (χ3n) is 5.27. The summed E-state index contributed by atoms with van der Waals surface area (Å²) in [4.78, 5) is 16.6. The summed E-state index contributed by atoms with van der Waals surface area (Å²) in [6.45, 7) is 4.68. The molecule has 0 unspecified atom stereocenters. The average molecular weight is 384 g/mol. The lowest BCUT2D eigenvalue weighted by atomic mass is 9.98. The van der Waals surface area contributed by atoms with Crippen molar-refractivity contribution < 1.29 is 9.53 Å². The minimum atomic E-state index is -0.407. The molecular formula is C25H24N2O2. The van der Waals surface area contributed by atoms with Crippen LogP contribution in [0.3, 0.4) is 0 Å². The molecule has 4 rings (SSSR count). The molecule has 0 saturated carbocycles. The van der Waals surface area contributed by atoms with Crippen LogP contribution in [0.4, 0.5) is 4.79 Å². The highest BCUT2D eigenvalue weighted by Crippen LogP contribution is 2.44. The van der Waals surface area contributed by atoms with Gasteiger partial charge in [-0.05, 0) is 47.7 Å². The molecule has 3 aromatic rings. The van der Waals surface area contributed by atoms with Crippen LogP contribution in [0.5, 0.6) is 0 Å². The van der Waals surface area contributed by atoms with Gasteiger partial charge in [-0.25, -0.2) is 4.79 Å². The molecule has 0 atom stereocenters. The van der Waals surface area contributed by atoms with Crippen LogP contribution in [0.1, 0.15) is 34.0 Å². The number of aryl methyl sites for hydroxylation is 2. The van der Waals surface area contributed by atoms with Crippen LogP contribution in [-0.4, -0.2) is 24.2 Å². The molecule has 0 fully saturated rings. The van der Waals surface area contributed by atoms with Crippen molar-refractivity contribution in [3.05, 3.63) is 94.8 Å². The molecule has 0 radical (unpaired) electrons. The Bertz CT molecular complexity index is 1030. The van der Waals surface area contributed by atoms with Crippen LogP contribution in [0.25, 0.3) is 17.2 Å². The Hall–Kier alpha value is -3.40. The lowest BCUT2D eigenvalue weighted by Gasteiger charge is -2.14. The quantitative estimate of drug-likeness (QED) is 0.654. The van der Waals surface area contributed by atoms with E-state index in [1.807, 2.05) is 62.4 Å². The van der Waals surface area contributed by atoms with E-state index in [4.69, 9.17) is 4.74 Å². The van der Waals surface area contributed by atoms with Gasteiger partial charge in [0.1, 0.15) is 6.61 Å². The molecule has 1 aliphatic carbocycles. The van der Waals surface area contributed by atoms with Gasteiger partial charge in [-0.15, -0.1) is 0 Å². The summed E-state index contributed by atoms with van der Waals surface area (Å²) < 4.78 is 5.54. The van der Waals surface area contributed by atoms with Gasteiger partial charge in [-0.3, -0.25) is 4.98 Å². The van der Waals surface area contributed by atoms with Gasteiger partial charge in [0.15, 0.2) is 0 Å². The predicted octanol–water partition coefficient (Wildman–Crippen LogP) is 5.25. The normalized spacial score (nSPS) is 12.6. The van der Waals surface area contributed by atoms with Crippen LogP contribution in [0.15, 0.2) is 66.7 Å². The van der Waals surface area contributed by atoms with Crippen molar-refractivity contribution in [1.82, 2.24) is 10.3 Å². The second-order valence-electron chi connectivity index (χ2n) is 7.24. The van der Waals surface area contributed by atoms with Gasteiger partial charge >= 0.3 is 6.09 Å². The smallest absolute Gasteiger partial charge is 0.407 e. The minimum Gasteiger partial charge on any atom is -0.449 e. The summed E-state index contributed by atoms with van der Waals surface area (Å²) >= 11 is 0. The van der Waals surface area contributed by atoms with E-state index < -0.39 is 6.09 Å². The number of hydrogen-bond donors (Lipinski definition) is 1. The molecule has 0 aliphatic heterocycles. The second-order valence-corrected chi connectivity index (χ2v) is 7.24. The largest absolute Gasteiger partial charge is 0.449 e. The number of aromatic nitrogens is 1. The molecule has 2 aromatic carbocycles. The van der Waals surface area contributed by atoms with Gasteiger partial charge < -0.3 is 10.1 Å². The van der Waals surface area contributed by atoms with E-state index in [1.54, 1.807) is 0 Å². The number of rotatable bonds is 5. The van der Waals surface area contributed by atoms with Crippen molar-refractivity contribution in [1.29, 1.82) is 0 Å². The van der Waals surface area contributed by atoms with Crippen molar-refractivity contribution in [3.63, 3.8) is 0 Å². The van der Waals surface area contributed by atoms with Gasteiger partial charge in [0.25, 0.3) is 0 Å². The lowest BCUT2D eigenvalue weighted by Crippen LogP contribution is -2.26. The van der Waals surface area contributed by atoms with Gasteiger partial charge in [0, 0.05) is 23.9 Å². The number of nitrogens with one attached hydrogen (secondary N) is 1. The Kier molecular flexibility index (Phi) is 5.43. The van der Waals surface area contributed by atoms with Gasteiger partial charge in [-0.2, -0.15) is 0 Å². The zero-order valence-corrected chi connectivity index (χ0v) is 16.7. The summed E-state index contributed by atoms with van der Waals surface area (Å²) in [5, 5.41) is 2.79. The Morgan fingerprint density at radius 3 is 2.31 bits per heavy atom. The Balaban J connectivity index is 1.34. The van der Waals surface area contributed by atoms with Crippen molar-refractivity contribution in [2.24, 2.45) is 0 Å². The molecule has 1 aromatic heterocycles. The highest BCUT2D eigenvalue weighted by molar-refractivity contribution is 5.79. The molecular weight excluding hydrogens is 360 g/mol. The standard InChI is InChI=1S/C25H24N2O2/c1-17-13-14-19(18(2)27-17)8-7-15-26-25(28)29-16-24-22-11-5-3-9-20(22)21-10-4-6-12-23(21)24/h3-14,24H,15-16H2,1-2H3,(H,26,28). The van der Waals surface area contributed by atoms with E-state index in [0.29, 0.717) is 13.2 Å². The van der Waals surface area contributed by atoms with E-state index in [0.717, 1.165) is 17.0 Å². The number of hydrogen-bond acceptors (Lipinski definition) is 3. The van der Waals surface area contributed by atoms with E-state index in [-0.39, 0.29) is 5.92 Å². The fraction of sp³-hybridized carbons (Fsp3) is 0.200. The number of fused-ring (bicyclic) bond motifs is 3. The summed E-state index contributed by atoms with van der Waals surface area (Å²) in [6.07, 6.45) is 3.46. The van der Waals surface area contributed by atoms with Crippen molar-refractivity contribution in [3.8, 4) is 11.1 Å². The molecule has 1 aliphatic rings. The molecule has 0 spiro atoms. The Labute approximate surface area is 171 Å². The molecule has 146 valence electrons. The van der Waals surface area contributed by atoms with Crippen molar-refractivity contribution in [2.45, 2.75) is 19.8 Å². The highest BCUT2D eigenvalue weighted by Gasteiger charge is 2.28. The van der Waals surface area contributed by atoms with Crippen molar-refractivity contribution >= 4 is 12.2 Å². The van der Waals surface area contributed by atoms with Crippen LogP contribution in [-0.2, 0) is 4.74 Å². The highest BCUT2D eigenvalue weighted by atomic mass is 16.5. The number of ether oxygens (including phenoxy) is 1. The first-order valence-electron chi connectivity index (χ1n) is 9.83. The topological polar surface area (TPSA) is 51.2 Å². The van der Waals surface area contributed by atoms with Gasteiger partial charge in [0.05, 0.1) is 0 Å². The van der Waals surface area contributed by atoms with Crippen LogP contribution >= 0.6 is 0 Å². The number of pyridine rings is 1. The average Bonchev–Trinajstić information content (AvgIpc) is 3.05. The number of nitrogens with zero attached hydrogens (tertiary/aromatic N) is 1. The summed E-state index contributed by atoms with van der Waals surface area (Å²) in [5.74, 6) is 0.0741. The summed E-state index contributed by atoms with van der Waals surface area (Å²) in [7, 11) is 0. The minimum absolute atomic E-state index is 0.0741. The molecule has 29 heavy (non-hydrogen) atoms. The maximum Gasteiger partial charge on any atom is 0.407 e. The van der Waals surface area contributed by atoms with E-state index in [9.17, 15) is 4.79 Å². The van der Waals surface area contributed by atoms with E-state index in [1.165, 1.54) is 22.3 Å². The number of alkyl carbamates (subject to hydrolysis) is 1. The predicted molar refractivity (Wildman–Crippen MR) is 116 cm³/mol. The van der Waals surface area contributed by atoms with Crippen molar-refractivity contribution in [2.75, 3.05) is 13.2 Å². The first-order valence-corrected chi connectivity index (χ1v) is 9.83. The Morgan fingerprint density at radius 2 is 1.66 bits per heavy atom. The monoisotopic (exact) mass is 384 g/mol. The maximum atomic E-state index is 12.2. The molecule has 1 amide bonds. The number of amides is 1. The SMILES string of the molecule is Cc1ccc(C=CCNC(=O)OCC2c3ccccc3-c3ccccc32)c(C)n1. The molecule has 0 bridgehead atoms. The number of carbonyl (C=O) groups excluding carboxylic acids is 1. The zero-order valence-electron chi connectivity index (χ0n) is 16.7. The molecule has 4 nitrogen and oxygen atoms in total. The fourth-order valence-electron chi connectivity index (χ4n) is 3.85. The second kappa shape index (κ2) is 8.31. The fourth-order valence-corrected chi connectivity index (χ4v) is 3.85. The molecule has 4 heteroatoms. The first kappa shape index (κ1) is 18.9. The van der Waals surface area contributed by atoms with E-state index >= 15 is 0 Å². The van der Waals surface area contributed by atoms with Crippen LogP contribution < -0.4 is 5.32 Å². The molecule has 1 heterocycles. The Morgan fingerprint density at radius 1 is 1.00 bits per heavy atom. The summed E-state index contributed by atoms with van der Waals surface area (Å²) in [5.41, 5.74) is 7.89. The first-order chi connectivity index (χ1) is 14.1. The third-order valence-corrected chi connectivity index (χ3v) is 5.27. The van der Waals surface area contributed by atoms with E-state index in [2.05, 4.69) is 34.6 Å². The number of benzene rings is 2. The van der Waals surface area contributed by atoms with Crippen LogP contribution in [0, 0.1) is 13.8 Å². The zero-order chi connectivity index (χ0) is 20.2. The van der Waals surface area contributed by atoms with Gasteiger partial charge in [0.2, 0.25) is 0 Å². The molecule has 0 saturated heterocycles. The van der Waals surface area contributed by atoms with Gasteiger partial charge in [-0.1, -0.05) is 66.7 Å². The third kappa shape index (κ3) is 4.06. The molecule has 1 N–H and O–H groups in total. The number of carbonyl (C=O) groups is 1.